The maximum absolute atomic E-state index is 9.20. The Hall–Kier alpha value is -0.380. The fourth-order valence-corrected chi connectivity index (χ4v) is 2.46. The van der Waals surface area contributed by atoms with Gasteiger partial charge in [0.15, 0.2) is 0 Å². The van der Waals surface area contributed by atoms with Crippen molar-refractivity contribution in [3.8, 4) is 0 Å². The predicted octanol–water partition coefficient (Wildman–Crippen LogP) is 2.55. The standard InChI is InChI=1S/C12H21NOS/c1-9(2)6-11(8-14)13-7-12-5-4-10(3)15-12/h4-5,9,11,13-14H,6-8H2,1-3H3/t11-/m1/s1. The second-order valence-electron chi connectivity index (χ2n) is 4.40. The maximum Gasteiger partial charge on any atom is 0.0584 e. The summed E-state index contributed by atoms with van der Waals surface area (Å²) in [5.41, 5.74) is 0. The van der Waals surface area contributed by atoms with Crippen LogP contribution in [0.5, 0.6) is 0 Å². The molecule has 0 radical (unpaired) electrons. The second kappa shape index (κ2) is 6.26. The lowest BCUT2D eigenvalue weighted by Crippen LogP contribution is -2.32. The molecule has 1 aromatic heterocycles. The van der Waals surface area contributed by atoms with Crippen LogP contribution in [0.25, 0.3) is 0 Å². The predicted molar refractivity (Wildman–Crippen MR) is 66.2 cm³/mol. The van der Waals surface area contributed by atoms with E-state index < -0.39 is 0 Å². The Balaban J connectivity index is 2.34. The highest BCUT2D eigenvalue weighted by Gasteiger charge is 2.09. The van der Waals surface area contributed by atoms with E-state index in [4.69, 9.17) is 0 Å². The largest absolute Gasteiger partial charge is 0.395 e. The summed E-state index contributed by atoms with van der Waals surface area (Å²) in [4.78, 5) is 2.69. The molecule has 3 heteroatoms. The van der Waals surface area contributed by atoms with Gasteiger partial charge >= 0.3 is 0 Å². The second-order valence-corrected chi connectivity index (χ2v) is 5.77. The Bertz CT molecular complexity index is 283. The zero-order chi connectivity index (χ0) is 11.3. The lowest BCUT2D eigenvalue weighted by molar-refractivity contribution is 0.224. The number of aliphatic hydroxyl groups is 1. The van der Waals surface area contributed by atoms with Crippen LogP contribution in [-0.2, 0) is 6.54 Å². The molecule has 0 fully saturated rings. The van der Waals surface area contributed by atoms with Crippen LogP contribution in [0.1, 0.15) is 30.0 Å². The fraction of sp³-hybridized carbons (Fsp3) is 0.667. The Morgan fingerprint density at radius 2 is 2.13 bits per heavy atom. The molecule has 1 rings (SSSR count). The summed E-state index contributed by atoms with van der Waals surface area (Å²) in [6.07, 6.45) is 1.03. The van der Waals surface area contributed by atoms with Gasteiger partial charge in [0.2, 0.25) is 0 Å². The molecule has 1 aromatic rings. The molecule has 1 heterocycles. The molecule has 0 aliphatic heterocycles. The van der Waals surface area contributed by atoms with Crippen molar-refractivity contribution in [3.63, 3.8) is 0 Å². The van der Waals surface area contributed by atoms with Crippen molar-refractivity contribution in [2.45, 2.75) is 39.8 Å². The average molecular weight is 227 g/mol. The van der Waals surface area contributed by atoms with Crippen molar-refractivity contribution in [2.24, 2.45) is 5.92 Å². The summed E-state index contributed by atoms with van der Waals surface area (Å²) in [7, 11) is 0. The van der Waals surface area contributed by atoms with E-state index in [0.717, 1.165) is 13.0 Å². The van der Waals surface area contributed by atoms with Gasteiger partial charge in [0.05, 0.1) is 6.61 Å². The van der Waals surface area contributed by atoms with Crippen molar-refractivity contribution in [1.82, 2.24) is 5.32 Å². The Morgan fingerprint density at radius 3 is 2.60 bits per heavy atom. The van der Waals surface area contributed by atoms with E-state index in [2.05, 4.69) is 38.2 Å². The van der Waals surface area contributed by atoms with Crippen molar-refractivity contribution in [1.29, 1.82) is 0 Å². The van der Waals surface area contributed by atoms with E-state index in [0.29, 0.717) is 5.92 Å². The van der Waals surface area contributed by atoms with Gasteiger partial charge in [0, 0.05) is 22.3 Å². The van der Waals surface area contributed by atoms with Gasteiger partial charge in [0.1, 0.15) is 0 Å². The van der Waals surface area contributed by atoms with E-state index in [1.807, 2.05) is 11.3 Å². The smallest absolute Gasteiger partial charge is 0.0584 e. The SMILES string of the molecule is Cc1ccc(CN[C@@H](CO)CC(C)C)s1. The molecule has 0 aromatic carbocycles. The molecule has 0 saturated carbocycles. The molecule has 0 bridgehead atoms. The highest BCUT2D eigenvalue weighted by atomic mass is 32.1. The molecule has 15 heavy (non-hydrogen) atoms. The molecule has 2 nitrogen and oxygen atoms in total. The van der Waals surface area contributed by atoms with Gasteiger partial charge in [-0.2, -0.15) is 0 Å². The minimum atomic E-state index is 0.225. The van der Waals surface area contributed by atoms with Gasteiger partial charge in [-0.1, -0.05) is 13.8 Å². The van der Waals surface area contributed by atoms with Crippen LogP contribution in [-0.4, -0.2) is 17.8 Å². The van der Waals surface area contributed by atoms with Crippen LogP contribution >= 0.6 is 11.3 Å². The third-order valence-electron chi connectivity index (χ3n) is 2.34. The minimum absolute atomic E-state index is 0.225. The first-order valence-electron chi connectivity index (χ1n) is 5.51. The third-order valence-corrected chi connectivity index (χ3v) is 3.34. The van der Waals surface area contributed by atoms with Crippen LogP contribution in [0.15, 0.2) is 12.1 Å². The first-order valence-corrected chi connectivity index (χ1v) is 6.33. The van der Waals surface area contributed by atoms with Crippen molar-refractivity contribution in [2.75, 3.05) is 6.61 Å². The fourth-order valence-electron chi connectivity index (χ4n) is 1.62. The molecule has 86 valence electrons. The Labute approximate surface area is 96.3 Å². The summed E-state index contributed by atoms with van der Waals surface area (Å²) < 4.78 is 0. The van der Waals surface area contributed by atoms with Gasteiger partial charge in [-0.3, -0.25) is 0 Å². The first kappa shape index (κ1) is 12.7. The molecule has 0 saturated heterocycles. The lowest BCUT2D eigenvalue weighted by atomic mass is 10.0. The molecular weight excluding hydrogens is 206 g/mol. The molecular formula is C12H21NOS. The van der Waals surface area contributed by atoms with Crippen LogP contribution in [0.4, 0.5) is 0 Å². The van der Waals surface area contributed by atoms with E-state index in [1.165, 1.54) is 9.75 Å². The molecule has 0 amide bonds. The lowest BCUT2D eigenvalue weighted by Gasteiger charge is -2.17. The highest BCUT2D eigenvalue weighted by molar-refractivity contribution is 7.11. The van der Waals surface area contributed by atoms with Gasteiger partial charge in [-0.15, -0.1) is 11.3 Å². The average Bonchev–Trinajstić information content (AvgIpc) is 2.58. The molecule has 0 aliphatic rings. The summed E-state index contributed by atoms with van der Waals surface area (Å²) >= 11 is 1.81. The van der Waals surface area contributed by atoms with Crippen molar-refractivity contribution < 1.29 is 5.11 Å². The number of hydrogen-bond acceptors (Lipinski definition) is 3. The van der Waals surface area contributed by atoms with Crippen LogP contribution in [0, 0.1) is 12.8 Å². The number of aliphatic hydroxyl groups excluding tert-OH is 1. The first-order chi connectivity index (χ1) is 7.11. The summed E-state index contributed by atoms with van der Waals surface area (Å²) in [5.74, 6) is 0.625. The summed E-state index contributed by atoms with van der Waals surface area (Å²) in [6, 6.07) is 4.52. The number of rotatable bonds is 6. The minimum Gasteiger partial charge on any atom is -0.395 e. The van der Waals surface area contributed by atoms with E-state index >= 15 is 0 Å². The van der Waals surface area contributed by atoms with Gasteiger partial charge in [0.25, 0.3) is 0 Å². The van der Waals surface area contributed by atoms with E-state index in [-0.39, 0.29) is 12.6 Å². The number of nitrogens with one attached hydrogen (secondary N) is 1. The number of hydrogen-bond donors (Lipinski definition) is 2. The number of aryl methyl sites for hydroxylation is 1. The quantitative estimate of drug-likeness (QED) is 0.783. The van der Waals surface area contributed by atoms with Gasteiger partial charge < -0.3 is 10.4 Å². The molecule has 2 N–H and O–H groups in total. The zero-order valence-corrected chi connectivity index (χ0v) is 10.6. The van der Waals surface area contributed by atoms with Crippen molar-refractivity contribution >= 4 is 11.3 Å². The zero-order valence-electron chi connectivity index (χ0n) is 9.79. The topological polar surface area (TPSA) is 32.3 Å². The van der Waals surface area contributed by atoms with Crippen LogP contribution in [0.2, 0.25) is 0 Å². The number of thiophene rings is 1. The Kier molecular flexibility index (Phi) is 5.29. The molecule has 0 aliphatic carbocycles. The molecule has 0 unspecified atom stereocenters. The molecule has 1 atom stereocenters. The summed E-state index contributed by atoms with van der Waals surface area (Å²) in [5, 5.41) is 12.6. The highest BCUT2D eigenvalue weighted by Crippen LogP contribution is 2.15. The maximum atomic E-state index is 9.20. The Morgan fingerprint density at radius 1 is 1.40 bits per heavy atom. The molecule has 0 spiro atoms. The van der Waals surface area contributed by atoms with E-state index in [9.17, 15) is 5.11 Å². The third kappa shape index (κ3) is 4.78. The summed E-state index contributed by atoms with van der Waals surface area (Å²) in [6.45, 7) is 7.57. The van der Waals surface area contributed by atoms with Crippen LogP contribution in [0.3, 0.4) is 0 Å². The van der Waals surface area contributed by atoms with Gasteiger partial charge in [-0.25, -0.2) is 0 Å². The van der Waals surface area contributed by atoms with Gasteiger partial charge in [-0.05, 0) is 31.4 Å². The van der Waals surface area contributed by atoms with Crippen LogP contribution < -0.4 is 5.32 Å². The van der Waals surface area contributed by atoms with E-state index in [1.54, 1.807) is 0 Å². The normalized spacial score (nSPS) is 13.4. The van der Waals surface area contributed by atoms with Crippen molar-refractivity contribution in [3.05, 3.63) is 21.9 Å². The monoisotopic (exact) mass is 227 g/mol.